The molecule has 0 radical (unpaired) electrons. The van der Waals surface area contributed by atoms with Crippen molar-refractivity contribution in [2.45, 2.75) is 18.9 Å². The number of alkyl halides is 5. The highest BCUT2D eigenvalue weighted by molar-refractivity contribution is 9.11. The molecule has 0 unspecified atom stereocenters. The molecule has 0 aliphatic carbocycles. The standard InChI is InChI=1S/C11H7BrCl2F5N3S/c1-4-9(12)20-21(22(4)23-10(15)16)8-6(13)2-5(3-7(8)14)11(17,18)19/h2-3,10,20H,1H3. The monoisotopic (exact) mass is 457 g/mol. The number of allylic oxidation sites excluding steroid dienone is 1. The maximum Gasteiger partial charge on any atom is 0.416 e. The maximum atomic E-state index is 12.8. The van der Waals surface area contributed by atoms with Crippen LogP contribution in [0.1, 0.15) is 12.5 Å². The van der Waals surface area contributed by atoms with E-state index in [0.717, 1.165) is 9.53 Å². The predicted molar refractivity (Wildman–Crippen MR) is 84.1 cm³/mol. The topological polar surface area (TPSA) is 18.5 Å². The van der Waals surface area contributed by atoms with Crippen molar-refractivity contribution < 1.29 is 22.0 Å². The van der Waals surface area contributed by atoms with E-state index in [9.17, 15) is 22.0 Å². The molecular formula is C11H7BrCl2F5N3S. The zero-order valence-electron chi connectivity index (χ0n) is 11.1. The fourth-order valence-electron chi connectivity index (χ4n) is 1.73. The van der Waals surface area contributed by atoms with E-state index in [2.05, 4.69) is 21.4 Å². The van der Waals surface area contributed by atoms with Gasteiger partial charge in [-0.05, 0) is 35.0 Å². The largest absolute Gasteiger partial charge is 0.416 e. The second kappa shape index (κ2) is 6.73. The fourth-order valence-corrected chi connectivity index (χ4v) is 3.45. The molecule has 3 nitrogen and oxygen atoms in total. The summed E-state index contributed by atoms with van der Waals surface area (Å²) in [5.41, 5.74) is 1.91. The predicted octanol–water partition coefficient (Wildman–Crippen LogP) is 6.01. The Balaban J connectivity index is 2.46. The van der Waals surface area contributed by atoms with Crippen molar-refractivity contribution >= 4 is 56.8 Å². The van der Waals surface area contributed by atoms with Crippen LogP contribution in [-0.4, -0.2) is 10.2 Å². The van der Waals surface area contributed by atoms with E-state index in [1.54, 1.807) is 0 Å². The molecule has 0 saturated carbocycles. The molecule has 0 atom stereocenters. The van der Waals surface area contributed by atoms with Gasteiger partial charge in [0.1, 0.15) is 10.3 Å². The highest BCUT2D eigenvalue weighted by Crippen LogP contribution is 2.44. The van der Waals surface area contributed by atoms with Crippen molar-refractivity contribution in [3.05, 3.63) is 38.0 Å². The molecule has 0 spiro atoms. The first-order valence-corrected chi connectivity index (χ1v) is 8.15. The minimum atomic E-state index is -4.63. The second-order valence-electron chi connectivity index (χ2n) is 4.25. The number of anilines is 1. The van der Waals surface area contributed by atoms with Crippen LogP contribution in [0.2, 0.25) is 10.0 Å². The van der Waals surface area contributed by atoms with Crippen LogP contribution in [0, 0.1) is 0 Å². The molecule has 1 aliphatic heterocycles. The van der Waals surface area contributed by atoms with Gasteiger partial charge in [0.05, 0.1) is 21.3 Å². The second-order valence-corrected chi connectivity index (χ2v) is 6.77. The Morgan fingerprint density at radius 3 is 2.17 bits per heavy atom. The molecule has 1 aliphatic rings. The van der Waals surface area contributed by atoms with E-state index < -0.39 is 17.5 Å². The average molecular weight is 459 g/mol. The lowest BCUT2D eigenvalue weighted by Gasteiger charge is -2.31. The van der Waals surface area contributed by atoms with Gasteiger partial charge < -0.3 is 0 Å². The lowest BCUT2D eigenvalue weighted by atomic mass is 10.2. The van der Waals surface area contributed by atoms with E-state index >= 15 is 0 Å². The van der Waals surface area contributed by atoms with Gasteiger partial charge in [-0.15, -0.1) is 0 Å². The van der Waals surface area contributed by atoms with Crippen molar-refractivity contribution in [2.75, 3.05) is 5.12 Å². The number of hydrogen-bond donors (Lipinski definition) is 1. The van der Waals surface area contributed by atoms with Gasteiger partial charge >= 0.3 is 11.9 Å². The average Bonchev–Trinajstić information content (AvgIpc) is 2.65. The van der Waals surface area contributed by atoms with Crippen LogP contribution < -0.4 is 10.5 Å². The Bertz CT molecular complexity index is 632. The smallest absolute Gasteiger partial charge is 0.270 e. The summed E-state index contributed by atoms with van der Waals surface area (Å²) >= 11 is 15.1. The number of hydrazine groups is 2. The van der Waals surface area contributed by atoms with E-state index in [1.165, 1.54) is 6.92 Å². The van der Waals surface area contributed by atoms with Crippen molar-refractivity contribution in [1.82, 2.24) is 9.84 Å². The molecule has 0 fully saturated rings. The third-order valence-corrected chi connectivity index (χ3v) is 4.85. The molecule has 128 valence electrons. The number of nitrogens with zero attached hydrogens (tertiary/aromatic N) is 2. The summed E-state index contributed by atoms with van der Waals surface area (Å²) in [6.07, 6.45) is -4.63. The first kappa shape index (κ1) is 18.8. The van der Waals surface area contributed by atoms with Gasteiger partial charge in [0.15, 0.2) is 0 Å². The van der Waals surface area contributed by atoms with E-state index in [0.29, 0.717) is 22.4 Å². The third-order valence-electron chi connectivity index (χ3n) is 2.73. The first-order valence-electron chi connectivity index (χ1n) is 5.76. The normalized spacial score (nSPS) is 15.7. The molecular weight excluding hydrogens is 452 g/mol. The third kappa shape index (κ3) is 3.92. The molecule has 2 rings (SSSR count). The van der Waals surface area contributed by atoms with E-state index in [4.69, 9.17) is 23.2 Å². The Morgan fingerprint density at radius 2 is 1.74 bits per heavy atom. The van der Waals surface area contributed by atoms with Crippen LogP contribution in [0.15, 0.2) is 22.4 Å². The number of halogens is 8. The fraction of sp³-hybridized carbons (Fsp3) is 0.273. The Morgan fingerprint density at radius 1 is 1.22 bits per heavy atom. The van der Waals surface area contributed by atoms with Gasteiger partial charge in [0.2, 0.25) is 0 Å². The molecule has 1 heterocycles. The molecule has 1 aromatic rings. The number of rotatable bonds is 3. The Kier molecular flexibility index (Phi) is 5.49. The summed E-state index contributed by atoms with van der Waals surface area (Å²) in [6.45, 7) is 1.53. The molecule has 0 amide bonds. The van der Waals surface area contributed by atoms with Crippen LogP contribution in [0.25, 0.3) is 0 Å². The molecule has 0 aromatic heterocycles. The van der Waals surface area contributed by atoms with E-state index in [-0.39, 0.29) is 27.7 Å². The Hall–Kier alpha value is -0.580. The number of hydrogen-bond acceptors (Lipinski definition) is 4. The summed E-state index contributed by atoms with van der Waals surface area (Å²) in [5, 5.41) is 0.362. The lowest BCUT2D eigenvalue weighted by molar-refractivity contribution is -0.137. The van der Waals surface area contributed by atoms with Gasteiger partial charge in [0, 0.05) is 11.9 Å². The number of benzene rings is 1. The maximum absolute atomic E-state index is 12.8. The van der Waals surface area contributed by atoms with Crippen molar-refractivity contribution in [3.8, 4) is 0 Å². The lowest BCUT2D eigenvalue weighted by Crippen LogP contribution is -2.40. The minimum Gasteiger partial charge on any atom is -0.270 e. The van der Waals surface area contributed by atoms with Gasteiger partial charge in [0.25, 0.3) is 0 Å². The summed E-state index contributed by atoms with van der Waals surface area (Å²) < 4.78 is 65.1. The summed E-state index contributed by atoms with van der Waals surface area (Å²) in [7, 11) is 0. The SMILES string of the molecule is CC1=C(Br)NN(c2c(Cl)cc(C(F)(F)F)cc2Cl)N1SC(F)F. The van der Waals surface area contributed by atoms with Crippen molar-refractivity contribution in [3.63, 3.8) is 0 Å². The van der Waals surface area contributed by atoms with Gasteiger partial charge in [-0.25, -0.2) is 4.41 Å². The molecule has 1 N–H and O–H groups in total. The highest BCUT2D eigenvalue weighted by atomic mass is 79.9. The van der Waals surface area contributed by atoms with Crippen molar-refractivity contribution in [1.29, 1.82) is 0 Å². The quantitative estimate of drug-likeness (QED) is 0.339. The molecule has 12 heteroatoms. The van der Waals surface area contributed by atoms with Crippen LogP contribution >= 0.6 is 51.1 Å². The molecule has 0 saturated heterocycles. The van der Waals surface area contributed by atoms with Gasteiger partial charge in [-0.1, -0.05) is 23.2 Å². The first-order chi connectivity index (χ1) is 10.5. The highest BCUT2D eigenvalue weighted by Gasteiger charge is 2.36. The number of nitrogens with one attached hydrogen (secondary N) is 1. The van der Waals surface area contributed by atoms with Crippen molar-refractivity contribution in [2.24, 2.45) is 0 Å². The van der Waals surface area contributed by atoms with Gasteiger partial charge in [-0.3, -0.25) is 5.43 Å². The zero-order valence-corrected chi connectivity index (χ0v) is 15.0. The minimum absolute atomic E-state index is 0.0803. The summed E-state index contributed by atoms with van der Waals surface area (Å²) in [6, 6.07) is 1.36. The van der Waals surface area contributed by atoms with Gasteiger partial charge in [-0.2, -0.15) is 27.1 Å². The summed E-state index contributed by atoms with van der Waals surface area (Å²) in [5.74, 6) is -2.76. The van der Waals surface area contributed by atoms with Crippen LogP contribution in [0.4, 0.5) is 27.6 Å². The summed E-state index contributed by atoms with van der Waals surface area (Å²) in [4.78, 5) is 0. The van der Waals surface area contributed by atoms with Crippen LogP contribution in [0.3, 0.4) is 0 Å². The Labute approximate surface area is 150 Å². The van der Waals surface area contributed by atoms with Crippen LogP contribution in [0.5, 0.6) is 0 Å². The zero-order chi connectivity index (χ0) is 17.5. The van der Waals surface area contributed by atoms with Crippen LogP contribution in [-0.2, 0) is 6.18 Å². The van der Waals surface area contributed by atoms with E-state index in [1.807, 2.05) is 0 Å². The molecule has 0 bridgehead atoms. The molecule has 1 aromatic carbocycles. The molecule has 23 heavy (non-hydrogen) atoms.